The summed E-state index contributed by atoms with van der Waals surface area (Å²) in [7, 11) is 0. The number of hydrogen-bond acceptors (Lipinski definition) is 3. The second kappa shape index (κ2) is 7.49. The van der Waals surface area contributed by atoms with E-state index in [4.69, 9.17) is 11.6 Å². The number of rotatable bonds is 4. The van der Waals surface area contributed by atoms with Crippen LogP contribution in [0, 0.1) is 6.92 Å². The maximum atomic E-state index is 12.2. The first kappa shape index (κ1) is 16.6. The van der Waals surface area contributed by atoms with E-state index in [1.165, 1.54) is 0 Å². The lowest BCUT2D eigenvalue weighted by atomic mass is 10.2. The van der Waals surface area contributed by atoms with E-state index in [2.05, 4.69) is 5.32 Å². The summed E-state index contributed by atoms with van der Waals surface area (Å²) in [5.41, 5.74) is 2.06. The molecule has 0 aromatic heterocycles. The Balaban J connectivity index is 1.75. The Morgan fingerprint density at radius 2 is 1.82 bits per heavy atom. The molecule has 120 valence electrons. The van der Waals surface area contributed by atoms with Crippen molar-refractivity contribution in [3.05, 3.63) is 28.8 Å². The Morgan fingerprint density at radius 3 is 2.41 bits per heavy atom. The van der Waals surface area contributed by atoms with Crippen molar-refractivity contribution in [2.24, 2.45) is 0 Å². The standard InChI is InChI=1S/C16H22ClN3O2/c1-12-11-14(17)3-4-15(12)18-6-5-16(22)20-9-7-19(8-10-20)13(2)21/h3-4,11,18H,5-10H2,1-2H3. The molecule has 0 radical (unpaired) electrons. The highest BCUT2D eigenvalue weighted by atomic mass is 35.5. The second-order valence-corrected chi connectivity index (χ2v) is 5.96. The average molecular weight is 324 g/mol. The predicted octanol–water partition coefficient (Wildman–Crippen LogP) is 2.14. The van der Waals surface area contributed by atoms with Crippen LogP contribution in [0.4, 0.5) is 5.69 Å². The maximum Gasteiger partial charge on any atom is 0.224 e. The lowest BCUT2D eigenvalue weighted by molar-refractivity contribution is -0.138. The van der Waals surface area contributed by atoms with Gasteiger partial charge in [-0.15, -0.1) is 0 Å². The van der Waals surface area contributed by atoms with Crippen LogP contribution >= 0.6 is 11.6 Å². The van der Waals surface area contributed by atoms with Gasteiger partial charge in [-0.2, -0.15) is 0 Å². The number of halogens is 1. The number of benzene rings is 1. The van der Waals surface area contributed by atoms with Crippen LogP contribution in [0.15, 0.2) is 18.2 Å². The molecule has 6 heteroatoms. The first-order valence-electron chi connectivity index (χ1n) is 7.50. The summed E-state index contributed by atoms with van der Waals surface area (Å²) in [5, 5.41) is 3.98. The maximum absolute atomic E-state index is 12.2. The smallest absolute Gasteiger partial charge is 0.224 e. The summed E-state index contributed by atoms with van der Waals surface area (Å²) in [4.78, 5) is 27.0. The normalized spacial score (nSPS) is 14.9. The number of amides is 2. The van der Waals surface area contributed by atoms with Crippen LogP contribution in [-0.4, -0.2) is 54.3 Å². The molecule has 1 heterocycles. The molecule has 5 nitrogen and oxygen atoms in total. The van der Waals surface area contributed by atoms with Crippen molar-refractivity contribution in [3.8, 4) is 0 Å². The molecule has 0 aliphatic carbocycles. The van der Waals surface area contributed by atoms with Gasteiger partial charge in [0.05, 0.1) is 0 Å². The van der Waals surface area contributed by atoms with Gasteiger partial charge in [-0.3, -0.25) is 9.59 Å². The van der Waals surface area contributed by atoms with Crippen molar-refractivity contribution < 1.29 is 9.59 Å². The van der Waals surface area contributed by atoms with E-state index < -0.39 is 0 Å². The van der Waals surface area contributed by atoms with Crippen molar-refractivity contribution in [2.45, 2.75) is 20.3 Å². The highest BCUT2D eigenvalue weighted by Crippen LogP contribution is 2.19. The largest absolute Gasteiger partial charge is 0.384 e. The number of piperazine rings is 1. The first-order valence-corrected chi connectivity index (χ1v) is 7.88. The predicted molar refractivity (Wildman–Crippen MR) is 88.1 cm³/mol. The van der Waals surface area contributed by atoms with E-state index in [9.17, 15) is 9.59 Å². The number of carbonyl (C=O) groups excluding carboxylic acids is 2. The summed E-state index contributed by atoms with van der Waals surface area (Å²) in [6.07, 6.45) is 0.447. The number of anilines is 1. The minimum atomic E-state index is 0.0759. The molecule has 0 bridgehead atoms. The van der Waals surface area contributed by atoms with Crippen LogP contribution < -0.4 is 5.32 Å². The van der Waals surface area contributed by atoms with Crippen LogP contribution in [0.5, 0.6) is 0 Å². The third-order valence-electron chi connectivity index (χ3n) is 3.92. The molecule has 1 N–H and O–H groups in total. The fraction of sp³-hybridized carbons (Fsp3) is 0.500. The quantitative estimate of drug-likeness (QED) is 0.923. The number of nitrogens with zero attached hydrogens (tertiary/aromatic N) is 2. The van der Waals surface area contributed by atoms with Gasteiger partial charge in [0.25, 0.3) is 0 Å². The van der Waals surface area contributed by atoms with Crippen molar-refractivity contribution in [1.29, 1.82) is 0 Å². The molecule has 1 aromatic carbocycles. The fourth-order valence-electron chi connectivity index (χ4n) is 2.56. The summed E-state index contributed by atoms with van der Waals surface area (Å²) >= 11 is 5.92. The molecule has 1 aromatic rings. The molecule has 0 atom stereocenters. The van der Waals surface area contributed by atoms with Crippen LogP contribution in [0.1, 0.15) is 18.9 Å². The summed E-state index contributed by atoms with van der Waals surface area (Å²) in [5.74, 6) is 0.203. The molecule has 1 aliphatic rings. The third-order valence-corrected chi connectivity index (χ3v) is 4.16. The lowest BCUT2D eigenvalue weighted by Crippen LogP contribution is -2.50. The molecule has 0 spiro atoms. The minimum absolute atomic E-state index is 0.0759. The molecule has 1 aliphatic heterocycles. The van der Waals surface area contributed by atoms with Gasteiger partial charge >= 0.3 is 0 Å². The van der Waals surface area contributed by atoms with Crippen LogP contribution in [-0.2, 0) is 9.59 Å². The molecule has 1 fully saturated rings. The Bertz CT molecular complexity index is 554. The monoisotopic (exact) mass is 323 g/mol. The van der Waals surface area contributed by atoms with Gasteiger partial charge < -0.3 is 15.1 Å². The summed E-state index contributed by atoms with van der Waals surface area (Å²) in [6.45, 7) is 6.65. The van der Waals surface area contributed by atoms with Crippen molar-refractivity contribution in [2.75, 3.05) is 38.0 Å². The molecule has 2 rings (SSSR count). The van der Waals surface area contributed by atoms with Gasteiger partial charge in [-0.05, 0) is 30.7 Å². The van der Waals surface area contributed by atoms with E-state index in [1.807, 2.05) is 30.0 Å². The van der Waals surface area contributed by atoms with Crippen LogP contribution in [0.25, 0.3) is 0 Å². The third kappa shape index (κ3) is 4.37. The number of hydrogen-bond donors (Lipinski definition) is 1. The number of aryl methyl sites for hydroxylation is 1. The van der Waals surface area contributed by atoms with E-state index in [1.54, 1.807) is 11.8 Å². The summed E-state index contributed by atoms with van der Waals surface area (Å²) in [6, 6.07) is 5.65. The van der Waals surface area contributed by atoms with Crippen molar-refractivity contribution in [1.82, 2.24) is 9.80 Å². The highest BCUT2D eigenvalue weighted by Gasteiger charge is 2.21. The Labute approximate surface area is 136 Å². The second-order valence-electron chi connectivity index (χ2n) is 5.52. The first-order chi connectivity index (χ1) is 10.5. The van der Waals surface area contributed by atoms with Gasteiger partial charge in [-0.25, -0.2) is 0 Å². The van der Waals surface area contributed by atoms with E-state index in [0.717, 1.165) is 11.3 Å². The minimum Gasteiger partial charge on any atom is -0.384 e. The highest BCUT2D eigenvalue weighted by molar-refractivity contribution is 6.30. The van der Waals surface area contributed by atoms with Crippen molar-refractivity contribution in [3.63, 3.8) is 0 Å². The fourth-order valence-corrected chi connectivity index (χ4v) is 2.79. The van der Waals surface area contributed by atoms with E-state index in [0.29, 0.717) is 44.2 Å². The van der Waals surface area contributed by atoms with Gasteiger partial charge in [0, 0.05) is 56.8 Å². The van der Waals surface area contributed by atoms with Gasteiger partial charge in [0.1, 0.15) is 0 Å². The molecule has 0 saturated carbocycles. The van der Waals surface area contributed by atoms with Crippen molar-refractivity contribution >= 4 is 29.1 Å². The Hall–Kier alpha value is -1.75. The zero-order valence-corrected chi connectivity index (χ0v) is 13.8. The number of nitrogens with one attached hydrogen (secondary N) is 1. The molecule has 1 saturated heterocycles. The summed E-state index contributed by atoms with van der Waals surface area (Å²) < 4.78 is 0. The van der Waals surface area contributed by atoms with E-state index in [-0.39, 0.29) is 11.8 Å². The Morgan fingerprint density at radius 1 is 1.18 bits per heavy atom. The van der Waals surface area contributed by atoms with Crippen LogP contribution in [0.2, 0.25) is 5.02 Å². The average Bonchev–Trinajstić information content (AvgIpc) is 2.49. The zero-order chi connectivity index (χ0) is 16.1. The zero-order valence-electron chi connectivity index (χ0n) is 13.1. The molecule has 2 amide bonds. The molecule has 22 heavy (non-hydrogen) atoms. The van der Waals surface area contributed by atoms with Gasteiger partial charge in [-0.1, -0.05) is 11.6 Å². The number of carbonyl (C=O) groups is 2. The van der Waals surface area contributed by atoms with Gasteiger partial charge in [0.15, 0.2) is 0 Å². The molecule has 0 unspecified atom stereocenters. The van der Waals surface area contributed by atoms with Crippen LogP contribution in [0.3, 0.4) is 0 Å². The Kier molecular flexibility index (Phi) is 5.66. The topological polar surface area (TPSA) is 52.7 Å². The molecular weight excluding hydrogens is 302 g/mol. The molecular formula is C16H22ClN3O2. The van der Waals surface area contributed by atoms with E-state index >= 15 is 0 Å². The lowest BCUT2D eigenvalue weighted by Gasteiger charge is -2.34. The van der Waals surface area contributed by atoms with Gasteiger partial charge in [0.2, 0.25) is 11.8 Å². The SMILES string of the molecule is CC(=O)N1CCN(C(=O)CCNc2ccc(Cl)cc2C)CC1.